The van der Waals surface area contributed by atoms with Crippen molar-refractivity contribution >= 4 is 34.7 Å². The van der Waals surface area contributed by atoms with Crippen molar-refractivity contribution in [2.45, 2.75) is 0 Å². The van der Waals surface area contributed by atoms with Crippen LogP contribution in [0.4, 0.5) is 11.5 Å². The molecule has 0 saturated heterocycles. The van der Waals surface area contributed by atoms with Crippen molar-refractivity contribution in [1.29, 1.82) is 0 Å². The van der Waals surface area contributed by atoms with Gasteiger partial charge in [0, 0.05) is 30.1 Å². The van der Waals surface area contributed by atoms with Gasteiger partial charge >= 0.3 is 0 Å². The predicted molar refractivity (Wildman–Crippen MR) is 87.0 cm³/mol. The zero-order valence-corrected chi connectivity index (χ0v) is 12.6. The molecule has 0 bridgehead atoms. The number of aromatic nitrogens is 2. The second kappa shape index (κ2) is 5.92. The number of hydrogen-bond acceptors (Lipinski definition) is 5. The molecule has 3 rings (SSSR count). The van der Waals surface area contributed by atoms with Gasteiger partial charge in [-0.2, -0.15) is 4.68 Å². The number of fused-ring (bicyclic) bond motifs is 1. The average Bonchev–Trinajstić information content (AvgIpc) is 3.00. The summed E-state index contributed by atoms with van der Waals surface area (Å²) in [6.45, 7) is 0. The monoisotopic (exact) mass is 324 g/mol. The van der Waals surface area contributed by atoms with Crippen LogP contribution in [0.1, 0.15) is 10.4 Å². The third-order valence-electron chi connectivity index (χ3n) is 3.56. The second-order valence-electron chi connectivity index (χ2n) is 5.08. The van der Waals surface area contributed by atoms with Crippen LogP contribution in [0.3, 0.4) is 0 Å². The van der Waals surface area contributed by atoms with E-state index in [1.807, 2.05) is 0 Å². The minimum absolute atomic E-state index is 0.137. The second-order valence-corrected chi connectivity index (χ2v) is 5.08. The number of benzene rings is 2. The summed E-state index contributed by atoms with van der Waals surface area (Å²) in [5.74, 6) is -0.181. The summed E-state index contributed by atoms with van der Waals surface area (Å²) in [7, 11) is 1.53. The highest BCUT2D eigenvalue weighted by Gasteiger charge is 2.20. The Balaban J connectivity index is 2.16. The number of rotatable bonds is 4. The van der Waals surface area contributed by atoms with Gasteiger partial charge in [-0.25, -0.2) is 0 Å². The fraction of sp³-hybridized carbons (Fsp3) is 0.0625. The summed E-state index contributed by atoms with van der Waals surface area (Å²) in [6.07, 6.45) is 0.594. The molecular formula is C16H12N4O4. The number of carbonyl (C=O) groups excluding carboxylic acids is 2. The fourth-order valence-corrected chi connectivity index (χ4v) is 2.39. The number of carbonyl (C=O) groups is 2. The molecule has 0 unspecified atom stereocenters. The molecule has 0 N–H and O–H groups in total. The van der Waals surface area contributed by atoms with Crippen molar-refractivity contribution in [3.05, 3.63) is 64.2 Å². The van der Waals surface area contributed by atoms with E-state index < -0.39 is 10.8 Å². The number of hydrogen-bond donors (Lipinski definition) is 0. The molecule has 3 aromatic rings. The van der Waals surface area contributed by atoms with Crippen LogP contribution < -0.4 is 4.90 Å². The van der Waals surface area contributed by atoms with Crippen molar-refractivity contribution in [2.75, 3.05) is 11.9 Å². The van der Waals surface area contributed by atoms with Crippen LogP contribution in [0.15, 0.2) is 48.5 Å². The van der Waals surface area contributed by atoms with E-state index >= 15 is 0 Å². The first-order valence-corrected chi connectivity index (χ1v) is 6.98. The number of amides is 1. The molecule has 1 amide bonds. The van der Waals surface area contributed by atoms with Crippen molar-refractivity contribution in [3.8, 4) is 0 Å². The lowest BCUT2D eigenvalue weighted by Crippen LogP contribution is -2.17. The Morgan fingerprint density at radius 1 is 1.25 bits per heavy atom. The first-order valence-electron chi connectivity index (χ1n) is 6.98. The van der Waals surface area contributed by atoms with Crippen LogP contribution in [0.2, 0.25) is 0 Å². The van der Waals surface area contributed by atoms with E-state index in [-0.39, 0.29) is 11.3 Å². The van der Waals surface area contributed by atoms with Gasteiger partial charge < -0.3 is 4.90 Å². The Kier molecular flexibility index (Phi) is 3.78. The molecule has 0 fully saturated rings. The van der Waals surface area contributed by atoms with Crippen LogP contribution in [0.5, 0.6) is 0 Å². The van der Waals surface area contributed by atoms with Gasteiger partial charge in [-0.1, -0.05) is 18.2 Å². The van der Waals surface area contributed by atoms with Crippen LogP contribution >= 0.6 is 0 Å². The lowest BCUT2D eigenvalue weighted by atomic mass is 10.2. The molecule has 1 aromatic heterocycles. The molecule has 0 aliphatic rings. The third-order valence-corrected chi connectivity index (χ3v) is 3.56. The van der Waals surface area contributed by atoms with E-state index in [1.165, 1.54) is 36.2 Å². The third kappa shape index (κ3) is 2.50. The molecule has 24 heavy (non-hydrogen) atoms. The first kappa shape index (κ1) is 15.3. The highest BCUT2D eigenvalue weighted by atomic mass is 16.6. The van der Waals surface area contributed by atoms with E-state index in [2.05, 4.69) is 5.10 Å². The molecule has 0 aliphatic carbocycles. The van der Waals surface area contributed by atoms with Gasteiger partial charge in [0.15, 0.2) is 5.82 Å². The van der Waals surface area contributed by atoms with Crippen LogP contribution in [-0.2, 0) is 4.79 Å². The van der Waals surface area contributed by atoms with E-state index in [0.29, 0.717) is 23.1 Å². The Morgan fingerprint density at radius 3 is 2.71 bits per heavy atom. The topological polar surface area (TPSA) is 98.3 Å². The molecule has 0 radical (unpaired) electrons. The Bertz CT molecular complexity index is 964. The molecule has 0 saturated carbocycles. The number of nitrogens with zero attached hydrogens (tertiary/aromatic N) is 4. The van der Waals surface area contributed by atoms with Gasteiger partial charge in [-0.3, -0.25) is 19.7 Å². The van der Waals surface area contributed by atoms with Crippen molar-refractivity contribution in [2.24, 2.45) is 0 Å². The smallest absolute Gasteiger partial charge is 0.279 e. The molecular weight excluding hydrogens is 312 g/mol. The molecule has 1 heterocycles. The highest BCUT2D eigenvalue weighted by Crippen LogP contribution is 2.25. The van der Waals surface area contributed by atoms with Gasteiger partial charge in [0.25, 0.3) is 11.6 Å². The average molecular weight is 324 g/mol. The molecule has 0 aliphatic heterocycles. The fourth-order valence-electron chi connectivity index (χ4n) is 2.39. The maximum Gasteiger partial charge on any atom is 0.279 e. The molecule has 2 aromatic carbocycles. The van der Waals surface area contributed by atoms with Crippen molar-refractivity contribution in [1.82, 2.24) is 9.78 Å². The minimum atomic E-state index is -0.566. The number of nitro benzene ring substituents is 1. The first-order chi connectivity index (χ1) is 11.5. The normalized spacial score (nSPS) is 10.5. The molecule has 8 heteroatoms. The Morgan fingerprint density at radius 2 is 2.00 bits per heavy atom. The summed E-state index contributed by atoms with van der Waals surface area (Å²) in [6, 6.07) is 12.4. The number of anilines is 1. The Labute approximate surface area is 136 Å². The van der Waals surface area contributed by atoms with E-state index in [1.54, 1.807) is 24.3 Å². The standard InChI is InChI=1S/C16H12N4O4/c1-18(10-21)15-13-7-2-3-8-14(13)19(17-15)16(22)11-5-4-6-12(9-11)20(23)24/h2-10H,1H3. The summed E-state index contributed by atoms with van der Waals surface area (Å²) in [5.41, 5.74) is 0.470. The molecule has 0 atom stereocenters. The van der Waals surface area contributed by atoms with E-state index in [9.17, 15) is 19.7 Å². The van der Waals surface area contributed by atoms with Crippen LogP contribution in [0, 0.1) is 10.1 Å². The zero-order valence-electron chi connectivity index (χ0n) is 12.6. The van der Waals surface area contributed by atoms with Gasteiger partial charge in [-0.05, 0) is 18.2 Å². The lowest BCUT2D eigenvalue weighted by molar-refractivity contribution is -0.384. The van der Waals surface area contributed by atoms with Gasteiger partial charge in [0.05, 0.1) is 10.4 Å². The van der Waals surface area contributed by atoms with E-state index in [0.717, 1.165) is 4.68 Å². The SMILES string of the molecule is CN(C=O)c1nn(C(=O)c2cccc([N+](=O)[O-])c2)c2ccccc12. The highest BCUT2D eigenvalue weighted by molar-refractivity contribution is 6.05. The van der Waals surface area contributed by atoms with Gasteiger partial charge in [-0.15, -0.1) is 5.10 Å². The lowest BCUT2D eigenvalue weighted by Gasteiger charge is -2.06. The van der Waals surface area contributed by atoms with E-state index in [4.69, 9.17) is 0 Å². The summed E-state index contributed by atoms with van der Waals surface area (Å²) >= 11 is 0. The number of para-hydroxylation sites is 1. The quantitative estimate of drug-likeness (QED) is 0.416. The summed E-state index contributed by atoms with van der Waals surface area (Å²) < 4.78 is 1.14. The maximum absolute atomic E-state index is 12.7. The van der Waals surface area contributed by atoms with Crippen LogP contribution in [-0.4, -0.2) is 34.1 Å². The molecule has 120 valence electrons. The predicted octanol–water partition coefficient (Wildman–Crippen LogP) is 2.23. The summed E-state index contributed by atoms with van der Waals surface area (Å²) in [4.78, 5) is 35.3. The Hall–Kier alpha value is -3.55. The van der Waals surface area contributed by atoms with Gasteiger partial charge in [0.1, 0.15) is 0 Å². The van der Waals surface area contributed by atoms with Crippen molar-refractivity contribution < 1.29 is 14.5 Å². The summed E-state index contributed by atoms with van der Waals surface area (Å²) in [5, 5.41) is 15.7. The number of non-ortho nitro benzene ring substituents is 1. The maximum atomic E-state index is 12.7. The van der Waals surface area contributed by atoms with Crippen LogP contribution in [0.25, 0.3) is 10.9 Å². The molecule has 0 spiro atoms. The minimum Gasteiger partial charge on any atom is -0.301 e. The number of nitro groups is 1. The largest absolute Gasteiger partial charge is 0.301 e. The van der Waals surface area contributed by atoms with Gasteiger partial charge in [0.2, 0.25) is 6.41 Å². The van der Waals surface area contributed by atoms with Crippen molar-refractivity contribution in [3.63, 3.8) is 0 Å². The zero-order chi connectivity index (χ0) is 17.3. The molecule has 8 nitrogen and oxygen atoms in total.